The lowest BCUT2D eigenvalue weighted by Gasteiger charge is -2.06. The molecule has 3 heteroatoms. The van der Waals surface area contributed by atoms with E-state index < -0.39 is 5.82 Å². The Morgan fingerprint density at radius 2 is 1.95 bits per heavy atom. The largest absolute Gasteiger partial charge is 0.372 e. The van der Waals surface area contributed by atoms with Gasteiger partial charge in [-0.1, -0.05) is 24.3 Å². The van der Waals surface area contributed by atoms with E-state index in [1.807, 2.05) is 6.07 Å². The second kappa shape index (κ2) is 4.59. The van der Waals surface area contributed by atoms with Crippen molar-refractivity contribution in [2.24, 2.45) is 0 Å². The third kappa shape index (κ3) is 2.06. The summed E-state index contributed by atoms with van der Waals surface area (Å²) in [6, 6.07) is 10.3. The Kier molecular flexibility index (Phi) is 2.91. The van der Waals surface area contributed by atoms with Crippen LogP contribution in [0.2, 0.25) is 0 Å². The lowest BCUT2D eigenvalue weighted by atomic mass is 9.98. The molecule has 0 amide bonds. The highest BCUT2D eigenvalue weighted by molar-refractivity contribution is 6.09. The Hall–Kier alpha value is -2.00. The molecule has 2 nitrogen and oxygen atoms in total. The minimum absolute atomic E-state index is 0.124. The SMILES string of the molecule is Cc1cccc(C(=O)c2ccc3c(c2)COC3)c1F. The van der Waals surface area contributed by atoms with Crippen molar-refractivity contribution < 1.29 is 13.9 Å². The van der Waals surface area contributed by atoms with Crippen LogP contribution in [0, 0.1) is 12.7 Å². The van der Waals surface area contributed by atoms with Gasteiger partial charge in [0.15, 0.2) is 5.78 Å². The number of aryl methyl sites for hydroxylation is 1. The van der Waals surface area contributed by atoms with Crippen LogP contribution < -0.4 is 0 Å². The highest BCUT2D eigenvalue weighted by atomic mass is 19.1. The van der Waals surface area contributed by atoms with Crippen molar-refractivity contribution in [2.75, 3.05) is 0 Å². The predicted octanol–water partition coefficient (Wildman–Crippen LogP) is 3.40. The van der Waals surface area contributed by atoms with Gasteiger partial charge in [-0.05, 0) is 35.7 Å². The number of ether oxygens (including phenoxy) is 1. The molecule has 0 saturated heterocycles. The van der Waals surface area contributed by atoms with Crippen LogP contribution in [0.1, 0.15) is 32.6 Å². The van der Waals surface area contributed by atoms with Crippen LogP contribution in [0.5, 0.6) is 0 Å². The molecule has 2 aromatic carbocycles. The quantitative estimate of drug-likeness (QED) is 0.770. The van der Waals surface area contributed by atoms with Gasteiger partial charge in [-0.15, -0.1) is 0 Å². The maximum atomic E-state index is 14.0. The first-order valence-corrected chi connectivity index (χ1v) is 6.16. The summed E-state index contributed by atoms with van der Waals surface area (Å²) in [7, 11) is 0. The third-order valence-corrected chi connectivity index (χ3v) is 3.42. The van der Waals surface area contributed by atoms with Gasteiger partial charge < -0.3 is 4.74 Å². The molecule has 0 unspecified atom stereocenters. The zero-order valence-corrected chi connectivity index (χ0v) is 10.6. The molecule has 0 radical (unpaired) electrons. The van der Waals surface area contributed by atoms with E-state index in [1.54, 1.807) is 31.2 Å². The monoisotopic (exact) mass is 256 g/mol. The Morgan fingerprint density at radius 3 is 2.79 bits per heavy atom. The van der Waals surface area contributed by atoms with E-state index in [1.165, 1.54) is 6.07 Å². The Morgan fingerprint density at radius 1 is 1.16 bits per heavy atom. The van der Waals surface area contributed by atoms with Crippen LogP contribution in [0.15, 0.2) is 36.4 Å². The highest BCUT2D eigenvalue weighted by Gasteiger charge is 2.18. The van der Waals surface area contributed by atoms with E-state index >= 15 is 0 Å². The normalized spacial score (nSPS) is 13.4. The molecule has 2 aromatic rings. The average molecular weight is 256 g/mol. The smallest absolute Gasteiger partial charge is 0.195 e. The number of hydrogen-bond donors (Lipinski definition) is 0. The summed E-state index contributed by atoms with van der Waals surface area (Å²) in [4.78, 5) is 12.3. The number of fused-ring (bicyclic) bond motifs is 1. The molecule has 3 rings (SSSR count). The van der Waals surface area contributed by atoms with E-state index in [-0.39, 0.29) is 11.3 Å². The number of hydrogen-bond acceptors (Lipinski definition) is 2. The summed E-state index contributed by atoms with van der Waals surface area (Å²) >= 11 is 0. The number of benzene rings is 2. The van der Waals surface area contributed by atoms with Crippen molar-refractivity contribution in [3.63, 3.8) is 0 Å². The van der Waals surface area contributed by atoms with Gasteiger partial charge in [-0.3, -0.25) is 4.79 Å². The van der Waals surface area contributed by atoms with Gasteiger partial charge in [-0.2, -0.15) is 0 Å². The molecule has 0 atom stereocenters. The van der Waals surface area contributed by atoms with E-state index in [2.05, 4.69) is 0 Å². The molecule has 0 N–H and O–H groups in total. The van der Waals surface area contributed by atoms with E-state index in [4.69, 9.17) is 4.74 Å². The van der Waals surface area contributed by atoms with Crippen LogP contribution >= 0.6 is 0 Å². The average Bonchev–Trinajstić information content (AvgIpc) is 2.88. The number of carbonyl (C=O) groups excluding carboxylic acids is 1. The first kappa shape index (κ1) is 12.1. The zero-order valence-electron chi connectivity index (χ0n) is 10.6. The van der Waals surface area contributed by atoms with Crippen LogP contribution in [0.25, 0.3) is 0 Å². The highest BCUT2D eigenvalue weighted by Crippen LogP contribution is 2.23. The molecular weight excluding hydrogens is 243 g/mol. The number of ketones is 1. The fraction of sp³-hybridized carbons (Fsp3) is 0.188. The van der Waals surface area contributed by atoms with Gasteiger partial charge >= 0.3 is 0 Å². The maximum Gasteiger partial charge on any atom is 0.195 e. The van der Waals surface area contributed by atoms with E-state index in [9.17, 15) is 9.18 Å². The Bertz CT molecular complexity index is 662. The zero-order chi connectivity index (χ0) is 13.4. The molecule has 0 aliphatic carbocycles. The molecule has 0 fully saturated rings. The van der Waals surface area contributed by atoms with E-state index in [0.717, 1.165) is 11.1 Å². The van der Waals surface area contributed by atoms with Crippen molar-refractivity contribution in [2.45, 2.75) is 20.1 Å². The molecule has 1 heterocycles. The molecule has 19 heavy (non-hydrogen) atoms. The molecule has 96 valence electrons. The van der Waals surface area contributed by atoms with Crippen molar-refractivity contribution in [1.29, 1.82) is 0 Å². The number of halogens is 1. The van der Waals surface area contributed by atoms with Gasteiger partial charge in [-0.25, -0.2) is 4.39 Å². The van der Waals surface area contributed by atoms with Crippen molar-refractivity contribution in [1.82, 2.24) is 0 Å². The fourth-order valence-electron chi connectivity index (χ4n) is 2.29. The molecule has 0 bridgehead atoms. The molecule has 0 spiro atoms. The topological polar surface area (TPSA) is 26.3 Å². The summed E-state index contributed by atoms with van der Waals surface area (Å²) in [6.07, 6.45) is 0. The second-order valence-electron chi connectivity index (χ2n) is 4.74. The van der Waals surface area contributed by atoms with Crippen LogP contribution in [-0.4, -0.2) is 5.78 Å². The molecule has 0 saturated carbocycles. The van der Waals surface area contributed by atoms with Gasteiger partial charge in [0, 0.05) is 5.56 Å². The lowest BCUT2D eigenvalue weighted by Crippen LogP contribution is -2.06. The number of carbonyl (C=O) groups is 1. The standard InChI is InChI=1S/C16H13FO2/c1-10-3-2-4-14(15(10)17)16(18)11-5-6-12-8-19-9-13(12)7-11/h2-7H,8-9H2,1H3. The van der Waals surface area contributed by atoms with Gasteiger partial charge in [0.1, 0.15) is 5.82 Å². The summed E-state index contributed by atoms with van der Waals surface area (Å²) in [5, 5.41) is 0. The van der Waals surface area contributed by atoms with Crippen molar-refractivity contribution in [3.05, 3.63) is 70.0 Å². The van der Waals surface area contributed by atoms with Crippen molar-refractivity contribution >= 4 is 5.78 Å². The summed E-state index contributed by atoms with van der Waals surface area (Å²) in [5.74, 6) is -0.722. The summed E-state index contributed by atoms with van der Waals surface area (Å²) < 4.78 is 19.3. The van der Waals surface area contributed by atoms with Gasteiger partial charge in [0.05, 0.1) is 18.8 Å². The number of rotatable bonds is 2. The van der Waals surface area contributed by atoms with Gasteiger partial charge in [0.25, 0.3) is 0 Å². The second-order valence-corrected chi connectivity index (χ2v) is 4.74. The van der Waals surface area contributed by atoms with Gasteiger partial charge in [0.2, 0.25) is 0 Å². The van der Waals surface area contributed by atoms with Crippen LogP contribution in [-0.2, 0) is 18.0 Å². The lowest BCUT2D eigenvalue weighted by molar-refractivity contribution is 0.103. The third-order valence-electron chi connectivity index (χ3n) is 3.42. The van der Waals surface area contributed by atoms with Crippen molar-refractivity contribution in [3.8, 4) is 0 Å². The molecule has 1 aliphatic heterocycles. The Balaban J connectivity index is 2.02. The minimum Gasteiger partial charge on any atom is -0.372 e. The van der Waals surface area contributed by atoms with E-state index in [0.29, 0.717) is 24.3 Å². The maximum absolute atomic E-state index is 14.0. The summed E-state index contributed by atoms with van der Waals surface area (Å²) in [6.45, 7) is 2.76. The predicted molar refractivity (Wildman–Crippen MR) is 69.5 cm³/mol. The molecular formula is C16H13FO2. The van der Waals surface area contributed by atoms with Crippen LogP contribution in [0.4, 0.5) is 4.39 Å². The fourth-order valence-corrected chi connectivity index (χ4v) is 2.29. The Labute approximate surface area is 110 Å². The first-order chi connectivity index (χ1) is 9.16. The van der Waals surface area contributed by atoms with Crippen LogP contribution in [0.3, 0.4) is 0 Å². The molecule has 0 aromatic heterocycles. The first-order valence-electron chi connectivity index (χ1n) is 6.16. The minimum atomic E-state index is -0.441. The summed E-state index contributed by atoms with van der Waals surface area (Å²) in [5.41, 5.74) is 3.23. The molecule has 1 aliphatic rings.